The van der Waals surface area contributed by atoms with Crippen LogP contribution in [0.15, 0.2) is 48.7 Å². The van der Waals surface area contributed by atoms with E-state index in [1.165, 1.54) is 42.5 Å². The molecule has 3 aromatic rings. The smallest absolute Gasteiger partial charge is 0.335 e. The number of carbonyl (C=O) groups is 1. The van der Waals surface area contributed by atoms with Crippen molar-refractivity contribution in [2.45, 2.75) is 0 Å². The summed E-state index contributed by atoms with van der Waals surface area (Å²) in [6, 6.07) is 9.68. The van der Waals surface area contributed by atoms with Crippen LogP contribution in [0.2, 0.25) is 0 Å². The highest BCUT2D eigenvalue weighted by molar-refractivity contribution is 6.00. The lowest BCUT2D eigenvalue weighted by atomic mass is 10.0. The quantitative estimate of drug-likeness (QED) is 0.777. The number of carboxylic acid groups (broad SMARTS) is 1. The van der Waals surface area contributed by atoms with Gasteiger partial charge < -0.3 is 5.11 Å². The largest absolute Gasteiger partial charge is 0.478 e. The maximum atomic E-state index is 13.8. The summed E-state index contributed by atoms with van der Waals surface area (Å²) < 4.78 is 26.8. The number of halogens is 2. The van der Waals surface area contributed by atoms with E-state index in [1.807, 2.05) is 0 Å². The number of pyridine rings is 1. The minimum atomic E-state index is -1.11. The second-order valence-corrected chi connectivity index (χ2v) is 4.53. The second-order valence-electron chi connectivity index (χ2n) is 4.53. The fourth-order valence-corrected chi connectivity index (χ4v) is 2.18. The number of carboxylic acids is 1. The first kappa shape index (κ1) is 13.2. The van der Waals surface area contributed by atoms with Crippen molar-refractivity contribution in [3.63, 3.8) is 0 Å². The Balaban J connectivity index is 2.31. The monoisotopic (exact) mass is 285 g/mol. The first-order chi connectivity index (χ1) is 10.1. The first-order valence-corrected chi connectivity index (χ1v) is 6.14. The lowest BCUT2D eigenvalue weighted by Gasteiger charge is -2.08. The van der Waals surface area contributed by atoms with Crippen molar-refractivity contribution in [1.29, 1.82) is 0 Å². The Bertz CT molecular complexity index is 845. The van der Waals surface area contributed by atoms with E-state index in [0.29, 0.717) is 16.6 Å². The Morgan fingerprint density at radius 2 is 1.71 bits per heavy atom. The highest BCUT2D eigenvalue weighted by atomic mass is 19.1. The van der Waals surface area contributed by atoms with Gasteiger partial charge in [0.2, 0.25) is 0 Å². The van der Waals surface area contributed by atoms with E-state index in [9.17, 15) is 13.6 Å². The van der Waals surface area contributed by atoms with Crippen molar-refractivity contribution in [3.8, 4) is 11.3 Å². The molecule has 0 aliphatic carbocycles. The summed E-state index contributed by atoms with van der Waals surface area (Å²) in [6.45, 7) is 0. The standard InChI is InChI=1S/C16H9F2NO2/c17-11-4-1-9(2-5-11)15-13-7-10(16(20)21)3-6-12(13)14(18)8-19-15/h1-8H,(H,20,21). The molecule has 0 atom stereocenters. The van der Waals surface area contributed by atoms with Crippen LogP contribution in [0.25, 0.3) is 22.0 Å². The van der Waals surface area contributed by atoms with Crippen molar-refractivity contribution in [2.24, 2.45) is 0 Å². The summed E-state index contributed by atoms with van der Waals surface area (Å²) in [4.78, 5) is 15.1. The number of hydrogen-bond acceptors (Lipinski definition) is 2. The Hall–Kier alpha value is -2.82. The van der Waals surface area contributed by atoms with Gasteiger partial charge in [-0.25, -0.2) is 13.6 Å². The zero-order valence-corrected chi connectivity index (χ0v) is 10.7. The van der Waals surface area contributed by atoms with Crippen molar-refractivity contribution in [2.75, 3.05) is 0 Å². The first-order valence-electron chi connectivity index (χ1n) is 6.14. The Morgan fingerprint density at radius 1 is 1.00 bits per heavy atom. The topological polar surface area (TPSA) is 50.2 Å². The van der Waals surface area contributed by atoms with Gasteiger partial charge in [-0.05, 0) is 36.4 Å². The van der Waals surface area contributed by atoms with Crippen LogP contribution in [0.5, 0.6) is 0 Å². The van der Waals surface area contributed by atoms with Crippen molar-refractivity contribution >= 4 is 16.7 Å². The molecule has 3 rings (SSSR count). The van der Waals surface area contributed by atoms with Gasteiger partial charge in [-0.3, -0.25) is 4.98 Å². The van der Waals surface area contributed by atoms with Crippen molar-refractivity contribution < 1.29 is 18.7 Å². The summed E-state index contributed by atoms with van der Waals surface area (Å²) in [5.74, 6) is -2.03. The van der Waals surface area contributed by atoms with E-state index < -0.39 is 17.6 Å². The third-order valence-corrected chi connectivity index (χ3v) is 3.20. The lowest BCUT2D eigenvalue weighted by Crippen LogP contribution is -1.97. The molecule has 21 heavy (non-hydrogen) atoms. The molecule has 1 N–H and O–H groups in total. The van der Waals surface area contributed by atoms with Gasteiger partial charge in [-0.1, -0.05) is 6.07 Å². The highest BCUT2D eigenvalue weighted by Gasteiger charge is 2.12. The summed E-state index contributed by atoms with van der Waals surface area (Å²) in [5, 5.41) is 9.70. The van der Waals surface area contributed by atoms with Crippen molar-refractivity contribution in [3.05, 3.63) is 65.9 Å². The molecular weight excluding hydrogens is 276 g/mol. The minimum absolute atomic E-state index is 0.0401. The molecule has 0 spiro atoms. The molecule has 1 aromatic heterocycles. The fourth-order valence-electron chi connectivity index (χ4n) is 2.18. The van der Waals surface area contributed by atoms with Crippen LogP contribution in [0, 0.1) is 11.6 Å². The normalized spacial score (nSPS) is 10.8. The van der Waals surface area contributed by atoms with Gasteiger partial charge in [0, 0.05) is 16.3 Å². The van der Waals surface area contributed by atoms with Crippen LogP contribution in [0.4, 0.5) is 8.78 Å². The van der Waals surface area contributed by atoms with Gasteiger partial charge in [-0.15, -0.1) is 0 Å². The summed E-state index contributed by atoms with van der Waals surface area (Å²) >= 11 is 0. The Labute approximate surface area is 118 Å². The molecule has 0 saturated carbocycles. The Kier molecular flexibility index (Phi) is 3.10. The van der Waals surface area contributed by atoms with Crippen molar-refractivity contribution in [1.82, 2.24) is 4.98 Å². The van der Waals surface area contributed by atoms with Gasteiger partial charge in [0.15, 0.2) is 0 Å². The zero-order valence-electron chi connectivity index (χ0n) is 10.7. The van der Waals surface area contributed by atoms with Gasteiger partial charge in [0.05, 0.1) is 17.5 Å². The van der Waals surface area contributed by atoms with E-state index in [2.05, 4.69) is 4.98 Å². The summed E-state index contributed by atoms with van der Waals surface area (Å²) in [5.41, 5.74) is 1.04. The number of benzene rings is 2. The van der Waals surface area contributed by atoms with Crippen LogP contribution in [0.1, 0.15) is 10.4 Å². The number of rotatable bonds is 2. The second kappa shape index (κ2) is 4.94. The van der Waals surface area contributed by atoms with Crippen LogP contribution in [-0.2, 0) is 0 Å². The molecule has 0 aliphatic heterocycles. The van der Waals surface area contributed by atoms with Gasteiger partial charge in [0.1, 0.15) is 11.6 Å². The Morgan fingerprint density at radius 3 is 2.38 bits per heavy atom. The summed E-state index contributed by atoms with van der Waals surface area (Å²) in [6.07, 6.45) is 1.07. The summed E-state index contributed by atoms with van der Waals surface area (Å²) in [7, 11) is 0. The van der Waals surface area contributed by atoms with Crippen LogP contribution in [0.3, 0.4) is 0 Å². The van der Waals surface area contributed by atoms with Crippen LogP contribution >= 0.6 is 0 Å². The molecule has 104 valence electrons. The molecular formula is C16H9F2NO2. The third kappa shape index (κ3) is 2.33. The number of hydrogen-bond donors (Lipinski definition) is 1. The molecule has 1 heterocycles. The fraction of sp³-hybridized carbons (Fsp3) is 0. The molecule has 3 nitrogen and oxygen atoms in total. The van der Waals surface area contributed by atoms with E-state index in [-0.39, 0.29) is 10.9 Å². The van der Waals surface area contributed by atoms with Crippen LogP contribution in [-0.4, -0.2) is 16.1 Å². The third-order valence-electron chi connectivity index (χ3n) is 3.20. The average molecular weight is 285 g/mol. The molecule has 2 aromatic carbocycles. The molecule has 5 heteroatoms. The SMILES string of the molecule is O=C(O)c1ccc2c(F)cnc(-c3ccc(F)cc3)c2c1. The molecule has 0 fully saturated rings. The van der Waals surface area contributed by atoms with E-state index in [0.717, 1.165) is 6.20 Å². The van der Waals surface area contributed by atoms with E-state index in [4.69, 9.17) is 5.11 Å². The predicted molar refractivity (Wildman–Crippen MR) is 74.1 cm³/mol. The molecule has 0 radical (unpaired) electrons. The van der Waals surface area contributed by atoms with Gasteiger partial charge in [0.25, 0.3) is 0 Å². The van der Waals surface area contributed by atoms with E-state index in [1.54, 1.807) is 0 Å². The maximum Gasteiger partial charge on any atom is 0.335 e. The van der Waals surface area contributed by atoms with Gasteiger partial charge in [-0.2, -0.15) is 0 Å². The van der Waals surface area contributed by atoms with Gasteiger partial charge >= 0.3 is 5.97 Å². The van der Waals surface area contributed by atoms with E-state index >= 15 is 0 Å². The minimum Gasteiger partial charge on any atom is -0.478 e. The predicted octanol–water partition coefficient (Wildman–Crippen LogP) is 3.88. The maximum absolute atomic E-state index is 13.8. The highest BCUT2D eigenvalue weighted by Crippen LogP contribution is 2.29. The average Bonchev–Trinajstić information content (AvgIpc) is 2.48. The number of aromatic nitrogens is 1. The number of fused-ring (bicyclic) bond motifs is 1. The van der Waals surface area contributed by atoms with Crippen LogP contribution < -0.4 is 0 Å². The molecule has 0 saturated heterocycles. The molecule has 0 amide bonds. The lowest BCUT2D eigenvalue weighted by molar-refractivity contribution is 0.0697. The number of aromatic carboxylic acids is 1. The zero-order chi connectivity index (χ0) is 15.0. The molecule has 0 aliphatic rings. The number of nitrogens with zero attached hydrogens (tertiary/aromatic N) is 1. The molecule has 0 unspecified atom stereocenters. The molecule has 0 bridgehead atoms.